The summed E-state index contributed by atoms with van der Waals surface area (Å²) in [5, 5.41) is 11.0. The molecule has 8 nitrogen and oxygen atoms in total. The lowest BCUT2D eigenvalue weighted by Gasteiger charge is -2.22. The summed E-state index contributed by atoms with van der Waals surface area (Å²) in [6.07, 6.45) is 8.23. The molecule has 186 valence electrons. The highest BCUT2D eigenvalue weighted by atomic mass is 32.2. The zero-order valence-corrected chi connectivity index (χ0v) is 21.1. The van der Waals surface area contributed by atoms with Gasteiger partial charge in [0.1, 0.15) is 11.8 Å². The molecule has 2 unspecified atom stereocenters. The van der Waals surface area contributed by atoms with Crippen LogP contribution in [0.4, 0.5) is 0 Å². The first-order chi connectivity index (χ1) is 17.7. The van der Waals surface area contributed by atoms with Gasteiger partial charge in [-0.05, 0) is 67.8 Å². The van der Waals surface area contributed by atoms with E-state index in [0.717, 1.165) is 42.5 Å². The summed E-state index contributed by atoms with van der Waals surface area (Å²) in [7, 11) is -1.39. The second-order valence-corrected chi connectivity index (χ2v) is 9.83. The van der Waals surface area contributed by atoms with Gasteiger partial charge in [-0.1, -0.05) is 13.8 Å². The number of hydrogen-bond acceptors (Lipinski definition) is 6. The fraction of sp³-hybridized carbons (Fsp3) is 0.296. The second kappa shape index (κ2) is 10.6. The van der Waals surface area contributed by atoms with Gasteiger partial charge in [0.05, 0.1) is 40.9 Å². The molecule has 0 saturated carbocycles. The molecule has 1 aliphatic rings. The summed E-state index contributed by atoms with van der Waals surface area (Å²) >= 11 is 0. The standard InChI is InChI=1S/C25H22N4O4S.C2H6/c30-25-22-6-4-20(34(31)21-5-7-23-17(13-21)9-12-32-23)14-18(22)15-26-29(25)16-19-8-10-28(27-19)24-3-1-2-11-33-24;1-2/h4-10,12-15,24H,1-3,11,16H2;1-2H3. The van der Waals surface area contributed by atoms with E-state index in [9.17, 15) is 9.00 Å². The quantitative estimate of drug-likeness (QED) is 0.323. The average molecular weight is 505 g/mol. The molecular weight excluding hydrogens is 476 g/mol. The first-order valence-electron chi connectivity index (χ1n) is 12.2. The topological polar surface area (TPSA) is 92.2 Å². The van der Waals surface area contributed by atoms with Crippen molar-refractivity contribution in [1.29, 1.82) is 0 Å². The van der Waals surface area contributed by atoms with E-state index in [1.165, 1.54) is 4.68 Å². The molecule has 3 aromatic heterocycles. The number of nitrogens with zero attached hydrogens (tertiary/aromatic N) is 4. The normalized spacial score (nSPS) is 16.6. The molecule has 0 radical (unpaired) electrons. The summed E-state index contributed by atoms with van der Waals surface area (Å²) in [6, 6.07) is 14.4. The van der Waals surface area contributed by atoms with Crippen LogP contribution < -0.4 is 5.56 Å². The molecule has 5 aromatic rings. The van der Waals surface area contributed by atoms with Crippen LogP contribution in [-0.4, -0.2) is 30.4 Å². The molecule has 9 heteroatoms. The molecule has 0 aliphatic carbocycles. The van der Waals surface area contributed by atoms with Gasteiger partial charge in [0.25, 0.3) is 5.56 Å². The third-order valence-corrected chi connectivity index (χ3v) is 7.47. The van der Waals surface area contributed by atoms with Crippen LogP contribution in [0.5, 0.6) is 0 Å². The molecular formula is C27H28N4O4S. The fourth-order valence-electron chi connectivity index (χ4n) is 4.30. The van der Waals surface area contributed by atoms with Gasteiger partial charge in [-0.15, -0.1) is 0 Å². The lowest BCUT2D eigenvalue weighted by molar-refractivity contribution is -0.0397. The number of fused-ring (bicyclic) bond motifs is 2. The Bertz CT molecular complexity index is 1580. The summed E-state index contributed by atoms with van der Waals surface area (Å²) in [4.78, 5) is 14.3. The van der Waals surface area contributed by atoms with E-state index < -0.39 is 10.8 Å². The minimum Gasteiger partial charge on any atom is -0.464 e. The van der Waals surface area contributed by atoms with Crippen molar-refractivity contribution in [1.82, 2.24) is 19.6 Å². The molecule has 6 rings (SSSR count). The van der Waals surface area contributed by atoms with Gasteiger partial charge in [0, 0.05) is 33.4 Å². The van der Waals surface area contributed by atoms with Crippen LogP contribution >= 0.6 is 0 Å². The van der Waals surface area contributed by atoms with Crippen molar-refractivity contribution in [3.8, 4) is 0 Å². The molecule has 2 atom stereocenters. The van der Waals surface area contributed by atoms with Gasteiger partial charge in [-0.3, -0.25) is 4.79 Å². The van der Waals surface area contributed by atoms with Gasteiger partial charge >= 0.3 is 0 Å². The Hall–Kier alpha value is -3.56. The highest BCUT2D eigenvalue weighted by Gasteiger charge is 2.17. The number of furan rings is 1. The third kappa shape index (κ3) is 4.76. The summed E-state index contributed by atoms with van der Waals surface area (Å²) in [5.41, 5.74) is 1.29. The summed E-state index contributed by atoms with van der Waals surface area (Å²) in [6.45, 7) is 5.02. The zero-order valence-electron chi connectivity index (χ0n) is 20.3. The monoisotopic (exact) mass is 504 g/mol. The molecule has 0 bridgehead atoms. The van der Waals surface area contributed by atoms with Crippen molar-refractivity contribution in [3.05, 3.63) is 83.2 Å². The van der Waals surface area contributed by atoms with Gasteiger partial charge in [0.15, 0.2) is 0 Å². The molecule has 1 aliphatic heterocycles. The van der Waals surface area contributed by atoms with Crippen molar-refractivity contribution in [3.63, 3.8) is 0 Å². The van der Waals surface area contributed by atoms with Crippen LogP contribution in [0.1, 0.15) is 45.0 Å². The predicted molar refractivity (Wildman–Crippen MR) is 138 cm³/mol. The molecule has 36 heavy (non-hydrogen) atoms. The van der Waals surface area contributed by atoms with E-state index in [1.54, 1.807) is 36.7 Å². The Morgan fingerprint density at radius 1 is 1.03 bits per heavy atom. The summed E-state index contributed by atoms with van der Waals surface area (Å²) in [5.74, 6) is 0. The maximum absolute atomic E-state index is 13.1. The van der Waals surface area contributed by atoms with Gasteiger partial charge in [-0.25, -0.2) is 13.6 Å². The third-order valence-electron chi connectivity index (χ3n) is 6.10. The molecule has 0 spiro atoms. The van der Waals surface area contributed by atoms with E-state index in [4.69, 9.17) is 9.15 Å². The maximum Gasteiger partial charge on any atom is 0.274 e. The van der Waals surface area contributed by atoms with Gasteiger partial charge < -0.3 is 9.15 Å². The first kappa shape index (κ1) is 24.1. The minimum atomic E-state index is -1.39. The Labute approximate surface area is 210 Å². The van der Waals surface area contributed by atoms with E-state index in [1.807, 2.05) is 49.0 Å². The van der Waals surface area contributed by atoms with Crippen LogP contribution in [-0.2, 0) is 22.1 Å². The van der Waals surface area contributed by atoms with Crippen LogP contribution in [0.2, 0.25) is 0 Å². The Kier molecular flexibility index (Phi) is 7.11. The molecule has 2 aromatic carbocycles. The minimum absolute atomic E-state index is 0.0442. The Balaban J connectivity index is 0.00000130. The zero-order chi connectivity index (χ0) is 25.1. The smallest absolute Gasteiger partial charge is 0.274 e. The lowest BCUT2D eigenvalue weighted by Crippen LogP contribution is -2.24. The van der Waals surface area contributed by atoms with E-state index >= 15 is 0 Å². The largest absolute Gasteiger partial charge is 0.464 e. The maximum atomic E-state index is 13.1. The van der Waals surface area contributed by atoms with Crippen molar-refractivity contribution in [2.45, 2.75) is 55.7 Å². The van der Waals surface area contributed by atoms with Crippen molar-refractivity contribution in [2.75, 3.05) is 6.61 Å². The van der Waals surface area contributed by atoms with Crippen molar-refractivity contribution in [2.24, 2.45) is 0 Å². The van der Waals surface area contributed by atoms with E-state index in [2.05, 4.69) is 10.2 Å². The first-order valence-corrected chi connectivity index (χ1v) is 13.4. The Morgan fingerprint density at radius 2 is 1.83 bits per heavy atom. The van der Waals surface area contributed by atoms with Crippen LogP contribution in [0.15, 0.2) is 86.2 Å². The highest BCUT2D eigenvalue weighted by molar-refractivity contribution is 7.85. The van der Waals surface area contributed by atoms with Crippen LogP contribution in [0, 0.1) is 0 Å². The lowest BCUT2D eigenvalue weighted by atomic mass is 10.2. The average Bonchev–Trinajstić information content (AvgIpc) is 3.61. The number of aromatic nitrogens is 4. The van der Waals surface area contributed by atoms with Crippen LogP contribution in [0.3, 0.4) is 0 Å². The number of rotatable bonds is 5. The van der Waals surface area contributed by atoms with Crippen molar-refractivity contribution >= 4 is 32.5 Å². The molecule has 1 saturated heterocycles. The van der Waals surface area contributed by atoms with Crippen LogP contribution in [0.25, 0.3) is 21.7 Å². The van der Waals surface area contributed by atoms with E-state index in [-0.39, 0.29) is 18.3 Å². The second-order valence-electron chi connectivity index (χ2n) is 8.35. The molecule has 0 N–H and O–H groups in total. The number of ether oxygens (including phenoxy) is 1. The predicted octanol–water partition coefficient (Wildman–Crippen LogP) is 5.28. The SMILES string of the molecule is CC.O=c1c2ccc(S(=O)c3ccc4occc4c3)cc2cnn1Cc1ccn(C2CCCCO2)n1. The fourth-order valence-corrected chi connectivity index (χ4v) is 5.42. The number of benzene rings is 2. The highest BCUT2D eigenvalue weighted by Crippen LogP contribution is 2.25. The van der Waals surface area contributed by atoms with E-state index in [0.29, 0.717) is 20.6 Å². The Morgan fingerprint density at radius 3 is 2.64 bits per heavy atom. The number of hydrogen-bond donors (Lipinski definition) is 0. The van der Waals surface area contributed by atoms with Crippen molar-refractivity contribution < 1.29 is 13.4 Å². The van der Waals surface area contributed by atoms with Gasteiger partial charge in [-0.2, -0.15) is 10.2 Å². The molecule has 1 fully saturated rings. The van der Waals surface area contributed by atoms with Gasteiger partial charge in [0.2, 0.25) is 0 Å². The molecule has 0 amide bonds. The summed E-state index contributed by atoms with van der Waals surface area (Å²) < 4.78 is 27.5. The molecule has 4 heterocycles.